The molecule has 1 radical (unpaired) electrons. The van der Waals surface area contributed by atoms with Crippen LogP contribution in [0.1, 0.15) is 10.5 Å². The summed E-state index contributed by atoms with van der Waals surface area (Å²) < 4.78 is 0.650. The van der Waals surface area contributed by atoms with E-state index in [2.05, 4.69) is 27.1 Å². The van der Waals surface area contributed by atoms with Crippen LogP contribution in [0.4, 0.5) is 0 Å². The van der Waals surface area contributed by atoms with Crippen molar-refractivity contribution in [1.29, 1.82) is 0 Å². The Labute approximate surface area is 97.2 Å². The van der Waals surface area contributed by atoms with Crippen LogP contribution in [0.5, 0.6) is 0 Å². The van der Waals surface area contributed by atoms with E-state index in [-0.39, 0.29) is 38.4 Å². The number of aromatic carboxylic acids is 1. The van der Waals surface area contributed by atoms with E-state index in [0.717, 1.165) is 0 Å². The first-order valence-corrected chi connectivity index (χ1v) is 3.27. The van der Waals surface area contributed by atoms with Crippen molar-refractivity contribution in [2.45, 2.75) is 0 Å². The third-order valence-corrected chi connectivity index (χ3v) is 1.33. The van der Waals surface area contributed by atoms with Crippen molar-refractivity contribution in [2.24, 2.45) is 0 Å². The second-order valence-corrected chi connectivity index (χ2v) is 2.45. The molecule has 3 nitrogen and oxygen atoms in total. The summed E-state index contributed by atoms with van der Waals surface area (Å²) in [5, 5.41) is 8.38. The van der Waals surface area contributed by atoms with Gasteiger partial charge in [-0.25, -0.2) is 0 Å². The van der Waals surface area contributed by atoms with Crippen LogP contribution in [-0.2, 0) is 32.7 Å². The van der Waals surface area contributed by atoms with Crippen molar-refractivity contribution in [3.8, 4) is 0 Å². The molecule has 0 spiro atoms. The largest absolute Gasteiger partial charge is 0.486 e. The number of carbonyl (C=O) groups is 1. The van der Waals surface area contributed by atoms with E-state index < -0.39 is 5.97 Å². The first-order valence-electron chi connectivity index (χ1n) is 2.47. The standard InChI is InChI=1S/C6H3BrNO2.Y/c7-4-1-2-5(6(9)10)8-3-4;/h1-2H,(H,9,10);/q-1;. The summed E-state index contributed by atoms with van der Waals surface area (Å²) in [6.07, 6.45) is 2.47. The minimum atomic E-state index is -1.04. The molecule has 0 aliphatic heterocycles. The van der Waals surface area contributed by atoms with E-state index in [9.17, 15) is 4.79 Å². The Morgan fingerprint density at radius 1 is 1.64 bits per heavy atom. The molecule has 1 N–H and O–H groups in total. The monoisotopic (exact) mass is 289 g/mol. The molecule has 0 saturated heterocycles. The molecule has 0 saturated carbocycles. The number of carboxylic acid groups (broad SMARTS) is 1. The topological polar surface area (TPSA) is 50.2 Å². The molecule has 0 aliphatic carbocycles. The van der Waals surface area contributed by atoms with Gasteiger partial charge in [0, 0.05) is 38.4 Å². The van der Waals surface area contributed by atoms with Crippen molar-refractivity contribution < 1.29 is 42.6 Å². The number of rotatable bonds is 1. The number of hydrogen-bond acceptors (Lipinski definition) is 2. The summed E-state index contributed by atoms with van der Waals surface area (Å²) in [5.41, 5.74) is 0.00296. The number of hydrogen-bond donors (Lipinski definition) is 1. The van der Waals surface area contributed by atoms with Crippen LogP contribution in [0.15, 0.2) is 16.6 Å². The Bertz CT molecular complexity index is 249. The van der Waals surface area contributed by atoms with Crippen LogP contribution < -0.4 is 0 Å². The molecule has 11 heavy (non-hydrogen) atoms. The Morgan fingerprint density at radius 3 is 2.64 bits per heavy atom. The van der Waals surface area contributed by atoms with E-state index >= 15 is 0 Å². The second kappa shape index (κ2) is 4.96. The van der Waals surface area contributed by atoms with Crippen LogP contribution >= 0.6 is 15.9 Å². The number of pyridine rings is 1. The van der Waals surface area contributed by atoms with Gasteiger partial charge in [-0.15, -0.1) is 6.07 Å². The fourth-order valence-corrected chi connectivity index (χ4v) is 0.680. The molecule has 1 heterocycles. The van der Waals surface area contributed by atoms with E-state index in [1.165, 1.54) is 6.07 Å². The minimum absolute atomic E-state index is 0. The maximum absolute atomic E-state index is 10.2. The zero-order valence-electron chi connectivity index (χ0n) is 5.41. The molecular formula is C6H3BrNO2Y-. The summed E-state index contributed by atoms with van der Waals surface area (Å²) >= 11 is 3.08. The van der Waals surface area contributed by atoms with Crippen LogP contribution in [0, 0.1) is 6.20 Å². The van der Waals surface area contributed by atoms with E-state index in [1.807, 2.05) is 0 Å². The van der Waals surface area contributed by atoms with Gasteiger partial charge in [-0.05, 0) is 0 Å². The Balaban J connectivity index is 0.000001000. The SMILES string of the molecule is O=C(O)c1ccc(Br)[c-]n1.[Y]. The predicted molar refractivity (Wildman–Crippen MR) is 37.7 cm³/mol. The third kappa shape index (κ3) is 3.40. The molecule has 5 heteroatoms. The van der Waals surface area contributed by atoms with Gasteiger partial charge >= 0.3 is 0 Å². The van der Waals surface area contributed by atoms with Crippen molar-refractivity contribution in [2.75, 3.05) is 0 Å². The summed E-state index contributed by atoms with van der Waals surface area (Å²) in [4.78, 5) is 13.7. The first kappa shape index (κ1) is 11.2. The van der Waals surface area contributed by atoms with Gasteiger partial charge in [0.2, 0.25) is 0 Å². The molecule has 0 fully saturated rings. The smallest absolute Gasteiger partial charge is 0.296 e. The maximum atomic E-state index is 10.2. The van der Waals surface area contributed by atoms with Gasteiger partial charge in [-0.2, -0.15) is 6.07 Å². The summed E-state index contributed by atoms with van der Waals surface area (Å²) in [6, 6.07) is 2.99. The van der Waals surface area contributed by atoms with E-state index in [4.69, 9.17) is 5.11 Å². The third-order valence-electron chi connectivity index (χ3n) is 0.890. The van der Waals surface area contributed by atoms with Crippen LogP contribution in [0.2, 0.25) is 0 Å². The van der Waals surface area contributed by atoms with Crippen molar-refractivity contribution >= 4 is 21.9 Å². The molecule has 1 aromatic rings. The zero-order chi connectivity index (χ0) is 7.56. The average Bonchev–Trinajstić information content (AvgIpc) is 1.88. The summed E-state index contributed by atoms with van der Waals surface area (Å²) in [6.45, 7) is 0. The van der Waals surface area contributed by atoms with Crippen molar-refractivity contribution in [1.82, 2.24) is 4.98 Å². The minimum Gasteiger partial charge on any atom is -0.486 e. The van der Waals surface area contributed by atoms with Gasteiger partial charge in [-0.1, -0.05) is 26.6 Å². The number of nitrogens with zero attached hydrogens (tertiary/aromatic N) is 1. The fraction of sp³-hybridized carbons (Fsp3) is 0. The number of halogens is 1. The number of carboxylic acids is 1. The average molecular weight is 290 g/mol. The molecule has 1 rings (SSSR count). The molecule has 0 amide bonds. The molecule has 55 valence electrons. The molecule has 0 atom stereocenters. The molecular weight excluding hydrogens is 287 g/mol. The summed E-state index contributed by atoms with van der Waals surface area (Å²) in [7, 11) is 0. The molecule has 0 aromatic carbocycles. The molecule has 0 aliphatic rings. The first-order chi connectivity index (χ1) is 4.70. The van der Waals surface area contributed by atoms with Gasteiger partial charge in [0.15, 0.2) is 0 Å². The molecule has 0 unspecified atom stereocenters. The van der Waals surface area contributed by atoms with Crippen LogP contribution in [0.25, 0.3) is 0 Å². The van der Waals surface area contributed by atoms with E-state index in [0.29, 0.717) is 4.47 Å². The van der Waals surface area contributed by atoms with Gasteiger partial charge in [-0.3, -0.25) is 4.79 Å². The van der Waals surface area contributed by atoms with Gasteiger partial charge in [0.1, 0.15) is 0 Å². The molecule has 1 aromatic heterocycles. The van der Waals surface area contributed by atoms with E-state index in [1.54, 1.807) is 6.07 Å². The quantitative estimate of drug-likeness (QED) is 0.794. The second-order valence-electron chi connectivity index (χ2n) is 1.60. The van der Waals surface area contributed by atoms with Crippen LogP contribution in [-0.4, -0.2) is 16.1 Å². The number of aromatic nitrogens is 1. The normalized spacial score (nSPS) is 8.45. The van der Waals surface area contributed by atoms with Crippen molar-refractivity contribution in [3.63, 3.8) is 0 Å². The Hall–Kier alpha value is 0.204. The summed E-state index contributed by atoms with van der Waals surface area (Å²) in [5.74, 6) is -1.04. The maximum Gasteiger partial charge on any atom is 0.296 e. The van der Waals surface area contributed by atoms with Gasteiger partial charge in [0.05, 0.1) is 0 Å². The Morgan fingerprint density at radius 2 is 2.27 bits per heavy atom. The zero-order valence-corrected chi connectivity index (χ0v) is 9.84. The van der Waals surface area contributed by atoms with Gasteiger partial charge < -0.3 is 10.1 Å². The fourth-order valence-electron chi connectivity index (χ4n) is 0.459. The van der Waals surface area contributed by atoms with Gasteiger partial charge in [0.25, 0.3) is 5.97 Å². The predicted octanol–water partition coefficient (Wildman–Crippen LogP) is 1.34. The Kier molecular flexibility index (Phi) is 5.05. The van der Waals surface area contributed by atoms with Crippen LogP contribution in [0.3, 0.4) is 0 Å². The van der Waals surface area contributed by atoms with Crippen molar-refractivity contribution in [3.05, 3.63) is 28.5 Å². The molecule has 0 bridgehead atoms.